The van der Waals surface area contributed by atoms with Crippen LogP contribution in [0.2, 0.25) is 0 Å². The Morgan fingerprint density at radius 1 is 1.29 bits per heavy atom. The first-order valence-electron chi connectivity index (χ1n) is 7.48. The maximum Gasteiger partial charge on any atom is 0.294 e. The Bertz CT molecular complexity index is 801. The van der Waals surface area contributed by atoms with E-state index in [1.807, 2.05) is 18.2 Å². The second-order valence-electron chi connectivity index (χ2n) is 5.29. The Kier molecular flexibility index (Phi) is 4.39. The van der Waals surface area contributed by atoms with E-state index < -0.39 is 0 Å². The summed E-state index contributed by atoms with van der Waals surface area (Å²) in [6, 6.07) is 12.4. The molecule has 2 aromatic carbocycles. The largest absolute Gasteiger partial charge is 0.497 e. The van der Waals surface area contributed by atoms with Crippen molar-refractivity contribution in [2.45, 2.75) is 0 Å². The molecule has 0 saturated carbocycles. The second-order valence-corrected chi connectivity index (χ2v) is 5.29. The van der Waals surface area contributed by atoms with Gasteiger partial charge in [-0.1, -0.05) is 12.1 Å². The number of nitrogen functional groups attached to an aromatic ring is 1. The molecule has 2 aromatic rings. The molecule has 1 heterocycles. The molecule has 0 fully saturated rings. The van der Waals surface area contributed by atoms with Gasteiger partial charge in [0.05, 0.1) is 19.4 Å². The van der Waals surface area contributed by atoms with Crippen molar-refractivity contribution in [2.24, 2.45) is 0 Å². The molecule has 6 nitrogen and oxygen atoms in total. The summed E-state index contributed by atoms with van der Waals surface area (Å²) in [4.78, 5) is 14.2. The van der Waals surface area contributed by atoms with Crippen molar-refractivity contribution in [3.63, 3.8) is 0 Å². The van der Waals surface area contributed by atoms with Gasteiger partial charge in [-0.25, -0.2) is 0 Å². The molecular formula is C18H18N2O4. The Morgan fingerprint density at radius 2 is 2.12 bits per heavy atom. The molecule has 0 spiro atoms. The summed E-state index contributed by atoms with van der Waals surface area (Å²) in [6.07, 6.45) is 1.65. The lowest BCUT2D eigenvalue weighted by Crippen LogP contribution is -2.39. The van der Waals surface area contributed by atoms with E-state index in [0.29, 0.717) is 22.9 Å². The maximum absolute atomic E-state index is 12.7. The van der Waals surface area contributed by atoms with Crippen molar-refractivity contribution in [2.75, 3.05) is 30.9 Å². The minimum absolute atomic E-state index is 0.160. The van der Waals surface area contributed by atoms with Gasteiger partial charge in [-0.3, -0.25) is 9.69 Å². The van der Waals surface area contributed by atoms with Crippen molar-refractivity contribution >= 4 is 23.4 Å². The molecule has 0 bridgehead atoms. The van der Waals surface area contributed by atoms with Crippen LogP contribution in [0, 0.1) is 0 Å². The summed E-state index contributed by atoms with van der Waals surface area (Å²) in [5, 5.41) is 9.27. The number of hydrogen-bond acceptors (Lipinski definition) is 5. The van der Waals surface area contributed by atoms with E-state index in [2.05, 4.69) is 0 Å². The first-order valence-corrected chi connectivity index (χ1v) is 7.48. The first kappa shape index (κ1) is 15.9. The van der Waals surface area contributed by atoms with Gasteiger partial charge in [0.25, 0.3) is 5.91 Å². The number of nitrogens with two attached hydrogens (primary N) is 1. The predicted molar refractivity (Wildman–Crippen MR) is 91.9 cm³/mol. The Labute approximate surface area is 139 Å². The van der Waals surface area contributed by atoms with Crippen LogP contribution in [0.25, 0.3) is 6.08 Å². The fourth-order valence-electron chi connectivity index (χ4n) is 2.53. The van der Waals surface area contributed by atoms with Crippen LogP contribution in [-0.2, 0) is 4.79 Å². The third-order valence-corrected chi connectivity index (χ3v) is 3.66. The highest BCUT2D eigenvalue weighted by Crippen LogP contribution is 2.37. The van der Waals surface area contributed by atoms with E-state index in [4.69, 9.17) is 15.2 Å². The maximum atomic E-state index is 12.7. The van der Waals surface area contributed by atoms with Crippen molar-refractivity contribution in [1.82, 2.24) is 0 Å². The summed E-state index contributed by atoms with van der Waals surface area (Å²) in [6.45, 7) is 0.000512. The highest BCUT2D eigenvalue weighted by molar-refractivity contribution is 6.10. The van der Waals surface area contributed by atoms with Crippen LogP contribution < -0.4 is 20.1 Å². The van der Waals surface area contributed by atoms with E-state index >= 15 is 0 Å². The molecule has 0 saturated heterocycles. The number of amides is 1. The topological polar surface area (TPSA) is 85.0 Å². The third kappa shape index (κ3) is 3.04. The monoisotopic (exact) mass is 326 g/mol. The number of β-amino-alcohol motifs (C(OH)–C–C–N with tert-alkyl or cyclic N) is 1. The van der Waals surface area contributed by atoms with Gasteiger partial charge >= 0.3 is 0 Å². The molecule has 0 radical (unpaired) electrons. The van der Waals surface area contributed by atoms with Crippen LogP contribution in [0.15, 0.2) is 48.2 Å². The van der Waals surface area contributed by atoms with Gasteiger partial charge in [-0.15, -0.1) is 0 Å². The van der Waals surface area contributed by atoms with Gasteiger partial charge in [0, 0.05) is 12.2 Å². The third-order valence-electron chi connectivity index (χ3n) is 3.66. The van der Waals surface area contributed by atoms with E-state index in [0.717, 1.165) is 5.56 Å². The molecule has 124 valence electrons. The summed E-state index contributed by atoms with van der Waals surface area (Å²) < 4.78 is 10.9. The number of hydrogen-bond donors (Lipinski definition) is 2. The van der Waals surface area contributed by atoms with Crippen LogP contribution in [0.5, 0.6) is 11.5 Å². The zero-order chi connectivity index (χ0) is 17.1. The number of carbonyl (C=O) groups excluding carboxylic acids is 1. The molecule has 0 atom stereocenters. The molecule has 1 aliphatic rings. The molecule has 3 rings (SSSR count). The lowest BCUT2D eigenvalue weighted by atomic mass is 10.1. The van der Waals surface area contributed by atoms with Crippen molar-refractivity contribution < 1.29 is 19.4 Å². The number of fused-ring (bicyclic) bond motifs is 1. The SMILES string of the molecule is COc1cccc(/C=C2/Oc3ccc(N)cc3N(CCO)C2=O)c1. The van der Waals surface area contributed by atoms with Gasteiger partial charge in [0.1, 0.15) is 5.75 Å². The van der Waals surface area contributed by atoms with E-state index in [1.54, 1.807) is 37.5 Å². The first-order chi connectivity index (χ1) is 11.6. The van der Waals surface area contributed by atoms with Gasteiger partial charge in [0.15, 0.2) is 11.5 Å². The quantitative estimate of drug-likeness (QED) is 0.663. The van der Waals surface area contributed by atoms with E-state index in [1.165, 1.54) is 4.90 Å². The van der Waals surface area contributed by atoms with Gasteiger partial charge < -0.3 is 20.3 Å². The smallest absolute Gasteiger partial charge is 0.294 e. The molecule has 1 amide bonds. The molecule has 24 heavy (non-hydrogen) atoms. The minimum Gasteiger partial charge on any atom is -0.497 e. The van der Waals surface area contributed by atoms with Crippen molar-refractivity contribution in [3.8, 4) is 11.5 Å². The summed E-state index contributed by atoms with van der Waals surface area (Å²) in [5.74, 6) is 1.05. The molecule has 3 N–H and O–H groups in total. The zero-order valence-electron chi connectivity index (χ0n) is 13.2. The Hall–Kier alpha value is -2.99. The lowest BCUT2D eigenvalue weighted by Gasteiger charge is -2.30. The molecule has 1 aliphatic heterocycles. The van der Waals surface area contributed by atoms with Gasteiger partial charge in [-0.05, 0) is 42.0 Å². The van der Waals surface area contributed by atoms with Crippen LogP contribution >= 0.6 is 0 Å². The summed E-state index contributed by atoms with van der Waals surface area (Å²) >= 11 is 0. The Morgan fingerprint density at radius 3 is 2.88 bits per heavy atom. The fourth-order valence-corrected chi connectivity index (χ4v) is 2.53. The molecule has 0 aliphatic carbocycles. The Balaban J connectivity index is 2.02. The summed E-state index contributed by atoms with van der Waals surface area (Å²) in [5.41, 5.74) is 7.64. The van der Waals surface area contributed by atoms with Gasteiger partial charge in [0.2, 0.25) is 0 Å². The molecule has 6 heteroatoms. The van der Waals surface area contributed by atoms with Crippen LogP contribution in [0.4, 0.5) is 11.4 Å². The average molecular weight is 326 g/mol. The number of rotatable bonds is 4. The van der Waals surface area contributed by atoms with Crippen molar-refractivity contribution in [3.05, 3.63) is 53.8 Å². The number of ether oxygens (including phenoxy) is 2. The van der Waals surface area contributed by atoms with E-state index in [9.17, 15) is 9.90 Å². The van der Waals surface area contributed by atoms with Gasteiger partial charge in [-0.2, -0.15) is 0 Å². The molecular weight excluding hydrogens is 308 g/mol. The average Bonchev–Trinajstić information content (AvgIpc) is 2.59. The lowest BCUT2D eigenvalue weighted by molar-refractivity contribution is -0.117. The van der Waals surface area contributed by atoms with Crippen LogP contribution in [0.3, 0.4) is 0 Å². The standard InChI is InChI=1S/C18H18N2O4/c1-23-14-4-2-3-12(9-14)10-17-18(22)20(7-8-21)15-11-13(19)5-6-16(15)24-17/h2-6,9-11,21H,7-8,19H2,1H3/b17-10+. The predicted octanol–water partition coefficient (Wildman–Crippen LogP) is 2.04. The van der Waals surface area contributed by atoms with Crippen LogP contribution in [-0.4, -0.2) is 31.3 Å². The number of benzene rings is 2. The van der Waals surface area contributed by atoms with E-state index in [-0.39, 0.29) is 24.8 Å². The summed E-state index contributed by atoms with van der Waals surface area (Å²) in [7, 11) is 1.58. The van der Waals surface area contributed by atoms with Crippen molar-refractivity contribution in [1.29, 1.82) is 0 Å². The second kappa shape index (κ2) is 6.64. The number of aliphatic hydroxyl groups is 1. The highest BCUT2D eigenvalue weighted by atomic mass is 16.5. The fraction of sp³-hybridized carbons (Fsp3) is 0.167. The van der Waals surface area contributed by atoms with Crippen LogP contribution in [0.1, 0.15) is 5.56 Å². The number of methoxy groups -OCH3 is 1. The zero-order valence-corrected chi connectivity index (χ0v) is 13.2. The number of aliphatic hydroxyl groups excluding tert-OH is 1. The number of anilines is 2. The normalized spacial score (nSPS) is 15.2. The highest BCUT2D eigenvalue weighted by Gasteiger charge is 2.30. The molecule has 0 unspecified atom stereocenters. The molecule has 0 aromatic heterocycles. The number of nitrogens with zero attached hydrogens (tertiary/aromatic N) is 1. The minimum atomic E-state index is -0.329. The number of carbonyl (C=O) groups is 1.